The highest BCUT2D eigenvalue weighted by atomic mass is 32.1. The van der Waals surface area contributed by atoms with E-state index in [1.54, 1.807) is 23.7 Å². The number of anilines is 2. The van der Waals surface area contributed by atoms with Gasteiger partial charge in [0.2, 0.25) is 0 Å². The number of benzene rings is 1. The summed E-state index contributed by atoms with van der Waals surface area (Å²) in [5.41, 5.74) is 4.24. The van der Waals surface area contributed by atoms with Gasteiger partial charge in [0.15, 0.2) is 0 Å². The lowest BCUT2D eigenvalue weighted by Gasteiger charge is -2.08. The fraction of sp³-hybridized carbons (Fsp3) is 0.312. The molecular formula is C16H17N3O3S. The lowest BCUT2D eigenvalue weighted by atomic mass is 10.1. The van der Waals surface area contributed by atoms with Crippen LogP contribution in [0.5, 0.6) is 0 Å². The van der Waals surface area contributed by atoms with E-state index < -0.39 is 5.97 Å². The minimum absolute atomic E-state index is 0.0707. The van der Waals surface area contributed by atoms with Crippen LogP contribution in [0, 0.1) is 0 Å². The summed E-state index contributed by atoms with van der Waals surface area (Å²) in [5, 5.41) is 15.1. The third kappa shape index (κ3) is 4.29. The average Bonchev–Trinajstić information content (AvgIpc) is 3.26. The molecule has 1 fully saturated rings. The summed E-state index contributed by atoms with van der Waals surface area (Å²) in [6.45, 7) is 0. The van der Waals surface area contributed by atoms with Gasteiger partial charge in [0.1, 0.15) is 5.00 Å². The number of carboxylic acid groups (broad SMARTS) is 1. The number of carbonyl (C=O) groups is 2. The minimum Gasteiger partial charge on any atom is -0.481 e. The zero-order valence-corrected chi connectivity index (χ0v) is 13.2. The van der Waals surface area contributed by atoms with Crippen molar-refractivity contribution in [3.63, 3.8) is 0 Å². The number of rotatable bonds is 6. The van der Waals surface area contributed by atoms with Crippen LogP contribution in [0.3, 0.4) is 0 Å². The van der Waals surface area contributed by atoms with Crippen LogP contribution in [0.4, 0.5) is 15.5 Å². The largest absolute Gasteiger partial charge is 0.481 e. The van der Waals surface area contributed by atoms with Gasteiger partial charge in [0.25, 0.3) is 0 Å². The number of aryl methyl sites for hydroxylation is 1. The lowest BCUT2D eigenvalue weighted by molar-refractivity contribution is -0.136. The fourth-order valence-corrected chi connectivity index (χ4v) is 3.08. The van der Waals surface area contributed by atoms with Gasteiger partial charge >= 0.3 is 12.0 Å². The molecule has 1 aromatic heterocycles. The van der Waals surface area contributed by atoms with E-state index in [1.807, 2.05) is 6.07 Å². The van der Waals surface area contributed by atoms with Crippen LogP contribution in [0.2, 0.25) is 0 Å². The molecule has 0 bridgehead atoms. The molecule has 3 N–H and O–H groups in total. The first-order chi connectivity index (χ1) is 11.1. The first kappa shape index (κ1) is 15.5. The van der Waals surface area contributed by atoms with Gasteiger partial charge < -0.3 is 10.4 Å². The SMILES string of the molecule is O=C(O)CCc1cccc(NC(=O)Nc2scnc2C2CC2)c1. The second-order valence-electron chi connectivity index (χ2n) is 5.51. The Labute approximate surface area is 137 Å². The molecule has 1 saturated carbocycles. The minimum atomic E-state index is -0.834. The zero-order valence-electron chi connectivity index (χ0n) is 12.4. The highest BCUT2D eigenvalue weighted by Crippen LogP contribution is 2.43. The van der Waals surface area contributed by atoms with Gasteiger partial charge in [0, 0.05) is 18.0 Å². The molecule has 1 aliphatic carbocycles. The number of hydrogen-bond donors (Lipinski definition) is 3. The number of urea groups is 1. The number of carboxylic acids is 1. The molecule has 0 aliphatic heterocycles. The maximum Gasteiger partial charge on any atom is 0.324 e. The van der Waals surface area contributed by atoms with Crippen molar-refractivity contribution in [1.82, 2.24) is 4.98 Å². The Kier molecular flexibility index (Phi) is 4.57. The Morgan fingerprint density at radius 3 is 2.87 bits per heavy atom. The number of nitrogens with one attached hydrogen (secondary N) is 2. The van der Waals surface area contributed by atoms with Gasteiger partial charge in [-0.05, 0) is 37.0 Å². The van der Waals surface area contributed by atoms with Crippen LogP contribution < -0.4 is 10.6 Å². The Morgan fingerprint density at radius 1 is 1.30 bits per heavy atom. The van der Waals surface area contributed by atoms with Crippen LogP contribution >= 0.6 is 11.3 Å². The second-order valence-corrected chi connectivity index (χ2v) is 6.37. The topological polar surface area (TPSA) is 91.3 Å². The van der Waals surface area contributed by atoms with Crippen LogP contribution in [-0.2, 0) is 11.2 Å². The van der Waals surface area contributed by atoms with E-state index in [-0.39, 0.29) is 12.5 Å². The molecule has 120 valence electrons. The Hall–Kier alpha value is -2.41. The van der Waals surface area contributed by atoms with Gasteiger partial charge in [-0.1, -0.05) is 12.1 Å². The third-order valence-corrected chi connectivity index (χ3v) is 4.36. The van der Waals surface area contributed by atoms with Crippen molar-refractivity contribution in [2.75, 3.05) is 10.6 Å². The Balaban J connectivity index is 1.60. The molecule has 3 rings (SSSR count). The number of thiazole rings is 1. The van der Waals surface area contributed by atoms with Crippen LogP contribution in [0.1, 0.15) is 36.4 Å². The molecule has 1 heterocycles. The molecule has 0 unspecified atom stereocenters. The summed E-state index contributed by atoms with van der Waals surface area (Å²) in [6, 6.07) is 6.90. The molecule has 0 radical (unpaired) electrons. The molecule has 6 nitrogen and oxygen atoms in total. The standard InChI is InChI=1S/C16H17N3O3S/c20-13(21)7-4-10-2-1-3-12(8-10)18-16(22)19-15-14(11-5-6-11)17-9-23-15/h1-3,8-9,11H,4-7H2,(H,20,21)(H2,18,19,22). The van der Waals surface area contributed by atoms with Crippen molar-refractivity contribution in [3.05, 3.63) is 41.0 Å². The molecule has 0 spiro atoms. The van der Waals surface area contributed by atoms with Gasteiger partial charge in [-0.3, -0.25) is 10.1 Å². The molecule has 23 heavy (non-hydrogen) atoms. The summed E-state index contributed by atoms with van der Waals surface area (Å²) in [6.07, 6.45) is 2.77. The number of amides is 2. The normalized spacial score (nSPS) is 13.6. The fourth-order valence-electron chi connectivity index (χ4n) is 2.32. The summed E-state index contributed by atoms with van der Waals surface area (Å²) < 4.78 is 0. The predicted molar refractivity (Wildman–Crippen MR) is 89.1 cm³/mol. The first-order valence-corrected chi connectivity index (χ1v) is 8.32. The molecule has 1 aliphatic rings. The van der Waals surface area contributed by atoms with Crippen LogP contribution in [-0.4, -0.2) is 22.1 Å². The monoisotopic (exact) mass is 331 g/mol. The maximum absolute atomic E-state index is 12.1. The summed E-state index contributed by atoms with van der Waals surface area (Å²) in [5.74, 6) is -0.352. The van der Waals surface area contributed by atoms with E-state index in [0.717, 1.165) is 29.1 Å². The second kappa shape index (κ2) is 6.78. The highest BCUT2D eigenvalue weighted by molar-refractivity contribution is 7.14. The third-order valence-electron chi connectivity index (χ3n) is 3.60. The summed E-state index contributed by atoms with van der Waals surface area (Å²) in [4.78, 5) is 27.0. The smallest absolute Gasteiger partial charge is 0.324 e. The molecule has 2 aromatic rings. The van der Waals surface area contributed by atoms with E-state index in [1.165, 1.54) is 11.3 Å². The molecule has 0 atom stereocenters. The van der Waals surface area contributed by atoms with Crippen LogP contribution in [0.15, 0.2) is 29.8 Å². The van der Waals surface area contributed by atoms with E-state index in [0.29, 0.717) is 18.0 Å². The number of nitrogens with zero attached hydrogens (tertiary/aromatic N) is 1. The van der Waals surface area contributed by atoms with E-state index in [2.05, 4.69) is 15.6 Å². The Bertz CT molecular complexity index is 725. The van der Waals surface area contributed by atoms with Gasteiger partial charge in [-0.2, -0.15) is 0 Å². The molecule has 0 saturated heterocycles. The maximum atomic E-state index is 12.1. The van der Waals surface area contributed by atoms with Crippen molar-refractivity contribution in [3.8, 4) is 0 Å². The number of hydrogen-bond acceptors (Lipinski definition) is 4. The highest BCUT2D eigenvalue weighted by Gasteiger charge is 2.29. The summed E-state index contributed by atoms with van der Waals surface area (Å²) in [7, 11) is 0. The van der Waals surface area contributed by atoms with Gasteiger partial charge in [0.05, 0.1) is 11.2 Å². The van der Waals surface area contributed by atoms with Gasteiger partial charge in [-0.25, -0.2) is 9.78 Å². The molecule has 1 aromatic carbocycles. The van der Waals surface area contributed by atoms with Crippen molar-refractivity contribution < 1.29 is 14.7 Å². The lowest BCUT2D eigenvalue weighted by Crippen LogP contribution is -2.19. The van der Waals surface area contributed by atoms with E-state index in [4.69, 9.17) is 5.11 Å². The van der Waals surface area contributed by atoms with Crippen molar-refractivity contribution in [1.29, 1.82) is 0 Å². The Morgan fingerprint density at radius 2 is 2.13 bits per heavy atom. The number of aromatic nitrogens is 1. The first-order valence-electron chi connectivity index (χ1n) is 7.44. The van der Waals surface area contributed by atoms with E-state index in [9.17, 15) is 9.59 Å². The van der Waals surface area contributed by atoms with Gasteiger partial charge in [-0.15, -0.1) is 11.3 Å². The quantitative estimate of drug-likeness (QED) is 0.753. The molecule has 2 amide bonds. The van der Waals surface area contributed by atoms with Crippen molar-refractivity contribution in [2.24, 2.45) is 0 Å². The summed E-state index contributed by atoms with van der Waals surface area (Å²) >= 11 is 1.42. The molecular weight excluding hydrogens is 314 g/mol. The molecule has 7 heteroatoms. The van der Waals surface area contributed by atoms with E-state index >= 15 is 0 Å². The number of carbonyl (C=O) groups excluding carboxylic acids is 1. The zero-order chi connectivity index (χ0) is 16.2. The average molecular weight is 331 g/mol. The van der Waals surface area contributed by atoms with Crippen LogP contribution in [0.25, 0.3) is 0 Å². The predicted octanol–water partition coefficient (Wildman–Crippen LogP) is 3.68. The number of aliphatic carboxylic acids is 1. The van der Waals surface area contributed by atoms with Crippen molar-refractivity contribution >= 4 is 34.0 Å². The van der Waals surface area contributed by atoms with Crippen molar-refractivity contribution in [2.45, 2.75) is 31.6 Å².